The Kier molecular flexibility index (Phi) is 7.93. The van der Waals surface area contributed by atoms with E-state index in [0.29, 0.717) is 31.2 Å². The second kappa shape index (κ2) is 11.4. The lowest BCUT2D eigenvalue weighted by atomic mass is 9.77. The Bertz CT molecular complexity index is 1380. The average molecular weight is 543 g/mol. The van der Waals surface area contributed by atoms with Crippen molar-refractivity contribution in [2.75, 3.05) is 32.1 Å². The molecule has 208 valence electrons. The summed E-state index contributed by atoms with van der Waals surface area (Å²) in [5.41, 5.74) is 2.37. The van der Waals surface area contributed by atoms with Gasteiger partial charge < -0.3 is 20.1 Å². The zero-order valence-corrected chi connectivity index (χ0v) is 22.1. The van der Waals surface area contributed by atoms with Gasteiger partial charge in [-0.3, -0.25) is 4.79 Å². The molecular weight excluding hydrogens is 509 g/mol. The maximum absolute atomic E-state index is 14.7. The lowest BCUT2D eigenvalue weighted by Gasteiger charge is -2.31. The molecular formula is C29H33F3N4O3. The molecule has 0 unspecified atom stereocenters. The van der Waals surface area contributed by atoms with Crippen molar-refractivity contribution in [2.45, 2.75) is 57.9 Å². The highest BCUT2D eigenvalue weighted by molar-refractivity contribution is 5.94. The summed E-state index contributed by atoms with van der Waals surface area (Å²) in [6, 6.07) is 6.04. The van der Waals surface area contributed by atoms with Gasteiger partial charge in [0.2, 0.25) is 5.91 Å². The number of carbonyl (C=O) groups excluding carboxylic acids is 1. The molecule has 7 nitrogen and oxygen atoms in total. The molecule has 1 aliphatic carbocycles. The third kappa shape index (κ3) is 5.39. The molecule has 1 aromatic heterocycles. The van der Waals surface area contributed by atoms with Crippen LogP contribution in [0.1, 0.15) is 66.1 Å². The van der Waals surface area contributed by atoms with Crippen LogP contribution in [0.15, 0.2) is 24.3 Å². The first-order valence-electron chi connectivity index (χ1n) is 13.4. The molecule has 0 saturated heterocycles. The first kappa shape index (κ1) is 27.2. The van der Waals surface area contributed by atoms with Crippen molar-refractivity contribution in [3.63, 3.8) is 0 Å². The number of hydrogen-bond acceptors (Lipinski definition) is 6. The molecule has 39 heavy (non-hydrogen) atoms. The van der Waals surface area contributed by atoms with Crippen LogP contribution in [0.3, 0.4) is 0 Å². The van der Waals surface area contributed by atoms with E-state index in [0.717, 1.165) is 59.5 Å². The van der Waals surface area contributed by atoms with Gasteiger partial charge in [-0.1, -0.05) is 18.2 Å². The van der Waals surface area contributed by atoms with Gasteiger partial charge in [0.05, 0.1) is 24.3 Å². The number of ether oxygens (including phenoxy) is 1. The number of carbonyl (C=O) groups is 1. The van der Waals surface area contributed by atoms with Crippen LogP contribution in [0.5, 0.6) is 5.75 Å². The second-order valence-electron chi connectivity index (χ2n) is 10.4. The van der Waals surface area contributed by atoms with Crippen LogP contribution in [0.2, 0.25) is 0 Å². The molecule has 0 radical (unpaired) electrons. The monoisotopic (exact) mass is 542 g/mol. The first-order valence-corrected chi connectivity index (χ1v) is 13.4. The Hall–Kier alpha value is -3.40. The summed E-state index contributed by atoms with van der Waals surface area (Å²) >= 11 is 0. The number of likely N-dealkylation sites (N-methyl/N-ethyl adjacent to an activating group) is 1. The average Bonchev–Trinajstić information content (AvgIpc) is 3.42. The van der Waals surface area contributed by atoms with Crippen molar-refractivity contribution in [1.29, 1.82) is 0 Å². The standard InChI is InChI=1S/C29H33F3N4O3/c1-16-34-25-21-10-13-39-26(21)22(17-6-8-18(9-7-17)29(38)36(2)11-12-37)14-23(25)28(35-16)33-15-19-4-3-5-20(24(19)30)27(31)32/h3-5,14,17-18,27,37H,6-13,15H2,1-2H3,(H,33,34,35). The van der Waals surface area contributed by atoms with Crippen molar-refractivity contribution in [2.24, 2.45) is 5.92 Å². The molecule has 1 saturated carbocycles. The van der Waals surface area contributed by atoms with Gasteiger partial charge in [-0.15, -0.1) is 0 Å². The fourth-order valence-corrected chi connectivity index (χ4v) is 5.85. The van der Waals surface area contributed by atoms with E-state index < -0.39 is 17.8 Å². The molecule has 0 bridgehead atoms. The minimum Gasteiger partial charge on any atom is -0.493 e. The van der Waals surface area contributed by atoms with Crippen molar-refractivity contribution >= 4 is 22.6 Å². The number of benzene rings is 2. The van der Waals surface area contributed by atoms with E-state index in [-0.39, 0.29) is 36.5 Å². The number of fused-ring (bicyclic) bond motifs is 3. The van der Waals surface area contributed by atoms with Gasteiger partial charge in [0.15, 0.2) is 0 Å². The van der Waals surface area contributed by atoms with Crippen molar-refractivity contribution < 1.29 is 27.8 Å². The molecule has 0 spiro atoms. The molecule has 2 N–H and O–H groups in total. The minimum atomic E-state index is -2.89. The van der Waals surface area contributed by atoms with Gasteiger partial charge in [-0.05, 0) is 50.2 Å². The summed E-state index contributed by atoms with van der Waals surface area (Å²) in [4.78, 5) is 23.6. The van der Waals surface area contributed by atoms with Crippen LogP contribution >= 0.6 is 0 Å². The summed E-state index contributed by atoms with van der Waals surface area (Å²) in [5, 5.41) is 13.1. The van der Waals surface area contributed by atoms with Gasteiger partial charge in [0, 0.05) is 49.0 Å². The Morgan fingerprint density at radius 3 is 2.72 bits per heavy atom. The van der Waals surface area contributed by atoms with Crippen LogP contribution < -0.4 is 10.1 Å². The number of anilines is 1. The number of halogens is 3. The number of aromatic nitrogens is 2. The quantitative estimate of drug-likeness (QED) is 0.403. The fourth-order valence-electron chi connectivity index (χ4n) is 5.85. The molecule has 1 fully saturated rings. The highest BCUT2D eigenvalue weighted by Gasteiger charge is 2.33. The highest BCUT2D eigenvalue weighted by Crippen LogP contribution is 2.46. The number of hydrogen-bond donors (Lipinski definition) is 2. The topological polar surface area (TPSA) is 87.6 Å². The second-order valence-corrected chi connectivity index (χ2v) is 10.4. The summed E-state index contributed by atoms with van der Waals surface area (Å²) in [6.07, 6.45) is 0.971. The fraction of sp³-hybridized carbons (Fsp3) is 0.483. The van der Waals surface area contributed by atoms with E-state index in [9.17, 15) is 18.0 Å². The van der Waals surface area contributed by atoms with E-state index in [2.05, 4.69) is 10.3 Å². The number of alkyl halides is 2. The predicted octanol–water partition coefficient (Wildman–Crippen LogP) is 5.29. The summed E-state index contributed by atoms with van der Waals surface area (Å²) in [6.45, 7) is 2.61. The number of amides is 1. The van der Waals surface area contributed by atoms with Gasteiger partial charge in [-0.25, -0.2) is 23.1 Å². The zero-order chi connectivity index (χ0) is 27.7. The third-order valence-electron chi connectivity index (χ3n) is 7.90. The van der Waals surface area contributed by atoms with Crippen molar-refractivity contribution in [3.8, 4) is 5.75 Å². The Balaban J connectivity index is 1.44. The maximum Gasteiger partial charge on any atom is 0.266 e. The maximum atomic E-state index is 14.7. The van der Waals surface area contributed by atoms with Crippen LogP contribution in [0.4, 0.5) is 19.0 Å². The van der Waals surface area contributed by atoms with Crippen LogP contribution in [-0.4, -0.2) is 52.7 Å². The van der Waals surface area contributed by atoms with Gasteiger partial charge in [0.25, 0.3) is 6.43 Å². The van der Waals surface area contributed by atoms with Gasteiger partial charge in [0.1, 0.15) is 23.2 Å². The molecule has 5 rings (SSSR count). The third-order valence-corrected chi connectivity index (χ3v) is 7.90. The SMILES string of the molecule is Cc1nc(NCc2cccc(C(F)F)c2F)c2cc(C3CCC(C(=O)N(C)CCO)CC3)c3c(c2n1)CCO3. The lowest BCUT2D eigenvalue weighted by molar-refractivity contribution is -0.135. The predicted molar refractivity (Wildman–Crippen MR) is 142 cm³/mol. The molecule has 2 aromatic carbocycles. The Morgan fingerprint density at radius 2 is 2.00 bits per heavy atom. The minimum absolute atomic E-state index is 0.00452. The highest BCUT2D eigenvalue weighted by atomic mass is 19.3. The van der Waals surface area contributed by atoms with Crippen molar-refractivity contribution in [3.05, 3.63) is 58.2 Å². The smallest absolute Gasteiger partial charge is 0.266 e. The number of aliphatic hydroxyl groups excluding tert-OH is 1. The number of aryl methyl sites for hydroxylation is 1. The van der Waals surface area contributed by atoms with E-state index >= 15 is 0 Å². The molecule has 2 aliphatic rings. The molecule has 1 aliphatic heterocycles. The van der Waals surface area contributed by atoms with Crippen LogP contribution in [0.25, 0.3) is 10.9 Å². The van der Waals surface area contributed by atoms with E-state index in [1.807, 2.05) is 6.07 Å². The molecule has 0 atom stereocenters. The molecule has 10 heteroatoms. The van der Waals surface area contributed by atoms with E-state index in [1.54, 1.807) is 18.9 Å². The zero-order valence-electron chi connectivity index (χ0n) is 22.1. The largest absolute Gasteiger partial charge is 0.493 e. The van der Waals surface area contributed by atoms with E-state index in [4.69, 9.17) is 14.8 Å². The van der Waals surface area contributed by atoms with Gasteiger partial charge >= 0.3 is 0 Å². The number of nitrogens with one attached hydrogen (secondary N) is 1. The van der Waals surface area contributed by atoms with Crippen LogP contribution in [0, 0.1) is 18.7 Å². The number of rotatable bonds is 8. The summed E-state index contributed by atoms with van der Waals surface area (Å²) in [5.74, 6) is 1.21. The van der Waals surface area contributed by atoms with Crippen LogP contribution in [-0.2, 0) is 17.8 Å². The molecule has 3 aromatic rings. The Labute approximate surface area is 225 Å². The first-order chi connectivity index (χ1) is 18.8. The van der Waals surface area contributed by atoms with E-state index in [1.165, 1.54) is 12.1 Å². The molecule has 1 amide bonds. The molecule has 2 heterocycles. The lowest BCUT2D eigenvalue weighted by Crippen LogP contribution is -2.36. The van der Waals surface area contributed by atoms with Gasteiger partial charge in [-0.2, -0.15) is 0 Å². The number of aliphatic hydroxyl groups is 1. The Morgan fingerprint density at radius 1 is 1.23 bits per heavy atom. The number of nitrogens with zero attached hydrogens (tertiary/aromatic N) is 3. The summed E-state index contributed by atoms with van der Waals surface area (Å²) in [7, 11) is 1.72. The summed E-state index contributed by atoms with van der Waals surface area (Å²) < 4.78 is 47.2. The van der Waals surface area contributed by atoms with Crippen molar-refractivity contribution in [1.82, 2.24) is 14.9 Å². The normalized spacial score (nSPS) is 18.7.